The third-order valence-corrected chi connectivity index (χ3v) is 1.03. The van der Waals surface area contributed by atoms with Gasteiger partial charge in [0, 0.05) is 46.2 Å². The predicted octanol–water partition coefficient (Wildman–Crippen LogP) is 1.12. The van der Waals surface area contributed by atoms with Crippen LogP contribution in [0.1, 0.15) is 0 Å². The van der Waals surface area contributed by atoms with E-state index in [1.165, 1.54) is 0 Å². The fourth-order valence-electron chi connectivity index (χ4n) is 0.359. The largest absolute Gasteiger partial charge is 0.434 e. The van der Waals surface area contributed by atoms with Crippen LogP contribution in [0.5, 0.6) is 0 Å². The van der Waals surface area contributed by atoms with Crippen LogP contribution in [0.15, 0.2) is 12.3 Å². The Balaban J connectivity index is 0.000000640. The van der Waals surface area contributed by atoms with Crippen molar-refractivity contribution in [3.63, 3.8) is 0 Å². The third kappa shape index (κ3) is 2.77. The van der Waals surface area contributed by atoms with E-state index in [4.69, 9.17) is 17.3 Å². The monoisotopic (exact) mass is 279 g/mol. The number of hydrogen-bond donors (Lipinski definition) is 1. The van der Waals surface area contributed by atoms with Gasteiger partial charge < -0.3 is 10.7 Å². The maximum absolute atomic E-state index is 5.47. The minimum atomic E-state index is 0. The van der Waals surface area contributed by atoms with Crippen molar-refractivity contribution >= 4 is 17.4 Å². The Labute approximate surface area is 90.9 Å². The van der Waals surface area contributed by atoms with Crippen LogP contribution in [0.4, 0.5) is 5.82 Å². The average molecular weight is 278 g/mol. The number of nitrogens with zero attached hydrogens (tertiary/aromatic N) is 1. The first-order chi connectivity index (χ1) is 3.80. The van der Waals surface area contributed by atoms with Crippen molar-refractivity contribution < 1.29 is 40.4 Å². The van der Waals surface area contributed by atoms with Gasteiger partial charge in [-0.25, -0.2) is 0 Å². The van der Waals surface area contributed by atoms with Crippen molar-refractivity contribution in [1.82, 2.24) is 4.98 Å². The molecule has 0 atom stereocenters. The summed E-state index contributed by atoms with van der Waals surface area (Å²) in [6, 6.07) is 4.29. The first-order valence-electron chi connectivity index (χ1n) is 2.08. The minimum absolute atomic E-state index is 0. The summed E-state index contributed by atoms with van der Waals surface area (Å²) in [7, 11) is 0. The first-order valence-corrected chi connectivity index (χ1v) is 2.46. The molecule has 48 valence electrons. The zero-order valence-corrected chi connectivity index (χ0v) is 7.84. The molecule has 0 aliphatic heterocycles. The molecular formula is C5H4ClN2Sm-. The van der Waals surface area contributed by atoms with Crippen molar-refractivity contribution in [2.24, 2.45) is 0 Å². The van der Waals surface area contributed by atoms with Crippen LogP contribution < -0.4 is 5.73 Å². The number of hydrogen-bond acceptors (Lipinski definition) is 2. The van der Waals surface area contributed by atoms with Gasteiger partial charge in [-0.1, -0.05) is 6.20 Å². The zero-order valence-electron chi connectivity index (χ0n) is 4.47. The number of aromatic nitrogens is 1. The van der Waals surface area contributed by atoms with Gasteiger partial charge in [-0.3, -0.25) is 0 Å². The standard InChI is InChI=1S/C5H4ClN2.Sm/c6-4-2-1-3-8-5(4)7;/h1,3H,(H2,7,8);/q-1;. The molecule has 0 saturated carbocycles. The average Bonchev–Trinajstić information content (AvgIpc) is 1.77. The van der Waals surface area contributed by atoms with Gasteiger partial charge in [0.15, 0.2) is 0 Å². The quantitative estimate of drug-likeness (QED) is 0.722. The van der Waals surface area contributed by atoms with E-state index in [9.17, 15) is 0 Å². The van der Waals surface area contributed by atoms with Crippen LogP contribution in [-0.2, 0) is 0 Å². The first kappa shape index (κ1) is 9.58. The Morgan fingerprint density at radius 2 is 2.33 bits per heavy atom. The molecule has 0 amide bonds. The van der Waals surface area contributed by atoms with Crippen molar-refractivity contribution in [1.29, 1.82) is 0 Å². The molecule has 4 heteroatoms. The number of nitrogens with two attached hydrogens (primary N) is 1. The number of halogens is 1. The minimum Gasteiger partial charge on any atom is -0.434 e. The summed E-state index contributed by atoms with van der Waals surface area (Å²) >= 11 is 5.47. The van der Waals surface area contributed by atoms with Gasteiger partial charge in [-0.15, -0.1) is 11.6 Å². The molecule has 0 bridgehead atoms. The summed E-state index contributed by atoms with van der Waals surface area (Å²) in [5.41, 5.74) is 5.25. The molecule has 9 heavy (non-hydrogen) atoms. The molecule has 0 aromatic carbocycles. The smallest absolute Gasteiger partial charge is 0.0276 e. The van der Waals surface area contributed by atoms with Crippen molar-refractivity contribution in [3.05, 3.63) is 23.4 Å². The Morgan fingerprint density at radius 1 is 1.67 bits per heavy atom. The Kier molecular flexibility index (Phi) is 4.68. The predicted molar refractivity (Wildman–Crippen MR) is 32.5 cm³/mol. The topological polar surface area (TPSA) is 38.9 Å². The molecule has 1 aromatic rings. The number of rotatable bonds is 0. The second-order valence-electron chi connectivity index (χ2n) is 1.29. The van der Waals surface area contributed by atoms with Crippen LogP contribution in [0.2, 0.25) is 5.02 Å². The zero-order chi connectivity index (χ0) is 5.98. The van der Waals surface area contributed by atoms with Crippen molar-refractivity contribution in [3.8, 4) is 0 Å². The Morgan fingerprint density at radius 3 is 2.67 bits per heavy atom. The van der Waals surface area contributed by atoms with E-state index in [1.54, 1.807) is 12.3 Å². The fraction of sp³-hybridized carbons (Fsp3) is 0. The van der Waals surface area contributed by atoms with Gasteiger partial charge in [0.05, 0.1) is 0 Å². The van der Waals surface area contributed by atoms with Crippen LogP contribution in [0.3, 0.4) is 0 Å². The normalized spacial score (nSPS) is 8.11. The SMILES string of the molecule is Nc1ncc[c-]c1Cl.[Sm]. The molecule has 2 nitrogen and oxygen atoms in total. The van der Waals surface area contributed by atoms with E-state index < -0.39 is 0 Å². The second kappa shape index (κ2) is 4.40. The molecule has 0 aliphatic rings. The van der Waals surface area contributed by atoms with E-state index in [-0.39, 0.29) is 40.4 Å². The maximum atomic E-state index is 5.47. The van der Waals surface area contributed by atoms with E-state index in [0.29, 0.717) is 10.8 Å². The molecule has 0 fully saturated rings. The number of anilines is 1. The number of nitrogen functional groups attached to an aromatic ring is 1. The van der Waals surface area contributed by atoms with E-state index in [0.717, 1.165) is 0 Å². The molecule has 0 spiro atoms. The molecule has 0 unspecified atom stereocenters. The summed E-state index contributed by atoms with van der Waals surface area (Å²) in [6.45, 7) is 0. The molecule has 1 rings (SSSR count). The number of pyridine rings is 1. The second-order valence-corrected chi connectivity index (χ2v) is 1.67. The van der Waals surface area contributed by atoms with Gasteiger partial charge in [-0.05, 0) is 5.02 Å². The van der Waals surface area contributed by atoms with Gasteiger partial charge in [0.2, 0.25) is 0 Å². The van der Waals surface area contributed by atoms with Crippen LogP contribution in [0.25, 0.3) is 0 Å². The molecule has 1 heterocycles. The van der Waals surface area contributed by atoms with E-state index >= 15 is 0 Å². The Hall–Kier alpha value is 0.578. The van der Waals surface area contributed by atoms with Gasteiger partial charge >= 0.3 is 0 Å². The van der Waals surface area contributed by atoms with Crippen LogP contribution in [-0.4, -0.2) is 4.98 Å². The van der Waals surface area contributed by atoms with Crippen molar-refractivity contribution in [2.45, 2.75) is 0 Å². The third-order valence-electron chi connectivity index (χ3n) is 0.723. The van der Waals surface area contributed by atoms with E-state index in [1.807, 2.05) is 0 Å². The molecular weight excluding hydrogens is 274 g/mol. The molecule has 0 saturated heterocycles. The van der Waals surface area contributed by atoms with E-state index in [2.05, 4.69) is 11.1 Å². The maximum Gasteiger partial charge on any atom is 0.0276 e. The van der Waals surface area contributed by atoms with Crippen molar-refractivity contribution in [2.75, 3.05) is 5.73 Å². The summed E-state index contributed by atoms with van der Waals surface area (Å²) in [5.74, 6) is 0.328. The van der Waals surface area contributed by atoms with Gasteiger partial charge in [-0.2, -0.15) is 12.1 Å². The van der Waals surface area contributed by atoms with Crippen LogP contribution in [0, 0.1) is 46.5 Å². The van der Waals surface area contributed by atoms with Gasteiger partial charge in [0.25, 0.3) is 0 Å². The molecule has 1 aromatic heterocycles. The summed E-state index contributed by atoms with van der Waals surface area (Å²) in [6.07, 6.45) is 1.54. The summed E-state index contributed by atoms with van der Waals surface area (Å²) in [5, 5.41) is 0.382. The molecule has 0 aliphatic carbocycles. The fourth-order valence-corrected chi connectivity index (χ4v) is 0.470. The van der Waals surface area contributed by atoms with Gasteiger partial charge in [0.1, 0.15) is 0 Å². The summed E-state index contributed by atoms with van der Waals surface area (Å²) in [4.78, 5) is 3.69. The van der Waals surface area contributed by atoms with Crippen LogP contribution >= 0.6 is 11.6 Å². The molecule has 0 radical (unpaired) electrons. The summed E-state index contributed by atoms with van der Waals surface area (Å²) < 4.78 is 0. The Bertz CT molecular complexity index is 171. The molecule has 2 N–H and O–H groups in total.